The molecule has 2 aliphatic rings. The van der Waals surface area contributed by atoms with Crippen LogP contribution in [0.4, 0.5) is 0 Å². The molecule has 0 aromatic carbocycles. The summed E-state index contributed by atoms with van der Waals surface area (Å²) in [4.78, 5) is 0. The monoisotopic (exact) mass is 352 g/mol. The average Bonchev–Trinajstić information content (AvgIpc) is 3.06. The molecule has 3 heterocycles. The van der Waals surface area contributed by atoms with E-state index in [0.29, 0.717) is 0 Å². The van der Waals surface area contributed by atoms with Gasteiger partial charge in [-0.05, 0) is 38.5 Å². The molecule has 2 aliphatic heterocycles. The minimum Gasteiger partial charge on any atom is -0.472 e. The number of rotatable bonds is 4. The first-order chi connectivity index (χ1) is 11.0. The summed E-state index contributed by atoms with van der Waals surface area (Å²) in [7, 11) is -2.09. The maximum absolute atomic E-state index is 6.49. The van der Waals surface area contributed by atoms with Crippen molar-refractivity contribution in [2.75, 3.05) is 13.2 Å². The van der Waals surface area contributed by atoms with Gasteiger partial charge in [-0.2, -0.15) is 0 Å². The van der Waals surface area contributed by atoms with E-state index in [0.717, 1.165) is 26.1 Å². The van der Waals surface area contributed by atoms with E-state index in [9.17, 15) is 0 Å². The lowest BCUT2D eigenvalue weighted by molar-refractivity contribution is -0.0428. The molecule has 1 aromatic heterocycles. The Morgan fingerprint density at radius 2 is 1.17 bits per heavy atom. The minimum absolute atomic E-state index is 0.0579. The second-order valence-electron chi connectivity index (χ2n) is 7.90. The van der Waals surface area contributed by atoms with Crippen LogP contribution < -0.4 is 0 Å². The summed E-state index contributed by atoms with van der Waals surface area (Å²) >= 11 is 0. The highest BCUT2D eigenvalue weighted by Crippen LogP contribution is 2.46. The summed E-state index contributed by atoms with van der Waals surface area (Å²) in [6.45, 7) is 11.5. The Morgan fingerprint density at radius 3 is 1.48 bits per heavy atom. The van der Waals surface area contributed by atoms with Crippen LogP contribution in [0.1, 0.15) is 49.7 Å². The van der Waals surface area contributed by atoms with E-state index in [-0.39, 0.29) is 10.4 Å². The fraction of sp³-hybridized carbons (Fsp3) is 0.778. The van der Waals surface area contributed by atoms with Crippen molar-refractivity contribution in [2.24, 2.45) is 0 Å². The summed E-state index contributed by atoms with van der Waals surface area (Å²) in [5.41, 5.74) is 2.67. The van der Waals surface area contributed by atoms with Crippen molar-refractivity contribution in [1.29, 1.82) is 0 Å². The molecule has 130 valence electrons. The van der Waals surface area contributed by atoms with E-state index >= 15 is 0 Å². The zero-order valence-electron chi connectivity index (χ0n) is 15.2. The lowest BCUT2D eigenvalue weighted by Crippen LogP contribution is -2.49. The summed E-state index contributed by atoms with van der Waals surface area (Å²) in [5, 5.41) is -0.116. The normalized spacial score (nSPS) is 32.6. The molecule has 2 unspecified atom stereocenters. The molecule has 2 fully saturated rings. The number of hydrogen-bond acceptors (Lipinski definition) is 3. The Balaban J connectivity index is 2.07. The highest BCUT2D eigenvalue weighted by molar-refractivity contribution is 6.60. The van der Waals surface area contributed by atoms with Crippen molar-refractivity contribution in [3.05, 3.63) is 23.7 Å². The van der Waals surface area contributed by atoms with Gasteiger partial charge in [0.05, 0.1) is 40.6 Å². The first-order valence-electron chi connectivity index (χ1n) is 9.38. The zero-order valence-corrected chi connectivity index (χ0v) is 17.5. The highest BCUT2D eigenvalue weighted by Gasteiger charge is 2.48. The van der Waals surface area contributed by atoms with Crippen LogP contribution in [0.15, 0.2) is 16.9 Å². The maximum Gasteiger partial charge on any atom is 0.0964 e. The van der Waals surface area contributed by atoms with Gasteiger partial charge in [0.25, 0.3) is 0 Å². The van der Waals surface area contributed by atoms with E-state index in [2.05, 4.69) is 26.2 Å². The van der Waals surface area contributed by atoms with Crippen molar-refractivity contribution >= 4 is 17.6 Å². The quantitative estimate of drug-likeness (QED) is 0.764. The van der Waals surface area contributed by atoms with Crippen molar-refractivity contribution in [2.45, 2.75) is 75.2 Å². The number of hydrogen-bond donors (Lipinski definition) is 0. The molecular weight excluding hydrogens is 320 g/mol. The van der Waals surface area contributed by atoms with Gasteiger partial charge in [0.2, 0.25) is 0 Å². The second kappa shape index (κ2) is 6.86. The number of furan rings is 1. The van der Waals surface area contributed by atoms with Crippen molar-refractivity contribution < 1.29 is 13.9 Å². The Labute approximate surface area is 144 Å². The van der Waals surface area contributed by atoms with Gasteiger partial charge in [0.15, 0.2) is 0 Å². The van der Waals surface area contributed by atoms with Crippen LogP contribution in [0, 0.1) is 0 Å². The van der Waals surface area contributed by atoms with Crippen molar-refractivity contribution in [3.63, 3.8) is 0 Å². The molecule has 23 heavy (non-hydrogen) atoms. The van der Waals surface area contributed by atoms with E-state index in [1.165, 1.54) is 36.8 Å². The van der Waals surface area contributed by atoms with E-state index in [1.807, 2.05) is 12.5 Å². The van der Waals surface area contributed by atoms with Crippen LogP contribution in [-0.2, 0) is 19.9 Å². The third-order valence-electron chi connectivity index (χ3n) is 6.04. The molecule has 3 rings (SSSR count). The molecule has 3 nitrogen and oxygen atoms in total. The maximum atomic E-state index is 6.49. The van der Waals surface area contributed by atoms with Gasteiger partial charge in [-0.1, -0.05) is 26.2 Å². The predicted molar refractivity (Wildman–Crippen MR) is 99.4 cm³/mol. The summed E-state index contributed by atoms with van der Waals surface area (Å²) in [5.74, 6) is 0. The fourth-order valence-electron chi connectivity index (χ4n) is 4.54. The molecule has 0 aliphatic carbocycles. The third-order valence-corrected chi connectivity index (χ3v) is 11.3. The molecule has 5 heteroatoms. The van der Waals surface area contributed by atoms with E-state index < -0.39 is 17.6 Å². The van der Waals surface area contributed by atoms with Gasteiger partial charge in [0, 0.05) is 24.3 Å². The van der Waals surface area contributed by atoms with Crippen LogP contribution >= 0.6 is 0 Å². The van der Waals surface area contributed by atoms with Gasteiger partial charge < -0.3 is 13.9 Å². The minimum atomic E-state index is -1.05. The zero-order chi connectivity index (χ0) is 16.5. The first kappa shape index (κ1) is 17.5. The lowest BCUT2D eigenvalue weighted by atomic mass is 9.93. The van der Waals surface area contributed by atoms with Crippen LogP contribution in [-0.4, -0.2) is 30.8 Å². The second-order valence-corrected chi connectivity index (χ2v) is 14.4. The Morgan fingerprint density at radius 1 is 0.739 bits per heavy atom. The topological polar surface area (TPSA) is 31.6 Å². The first-order valence-corrected chi connectivity index (χ1v) is 15.2. The fourth-order valence-corrected chi connectivity index (χ4v) is 8.70. The highest BCUT2D eigenvalue weighted by atomic mass is 28.3. The molecular formula is C18H32O3Si2. The molecule has 1 aromatic rings. The Hall–Kier alpha value is -0.366. The summed E-state index contributed by atoms with van der Waals surface area (Å²) in [6.07, 6.45) is 11.2. The van der Waals surface area contributed by atoms with Gasteiger partial charge in [0.1, 0.15) is 0 Å². The molecule has 2 atom stereocenters. The summed E-state index contributed by atoms with van der Waals surface area (Å²) in [6, 6.07) is 0. The van der Waals surface area contributed by atoms with Crippen LogP contribution in [0.5, 0.6) is 0 Å². The largest absolute Gasteiger partial charge is 0.472 e. The summed E-state index contributed by atoms with van der Waals surface area (Å²) < 4.78 is 18.8. The average molecular weight is 353 g/mol. The third kappa shape index (κ3) is 2.90. The molecule has 0 amide bonds. The van der Waals surface area contributed by atoms with Crippen LogP contribution in [0.25, 0.3) is 0 Å². The van der Waals surface area contributed by atoms with Crippen LogP contribution in [0.2, 0.25) is 26.2 Å². The molecule has 0 N–H and O–H groups in total. The van der Waals surface area contributed by atoms with Gasteiger partial charge >= 0.3 is 0 Å². The van der Waals surface area contributed by atoms with Crippen molar-refractivity contribution in [1.82, 2.24) is 0 Å². The van der Waals surface area contributed by atoms with Gasteiger partial charge in [-0.15, -0.1) is 0 Å². The molecule has 0 saturated carbocycles. The molecule has 2 saturated heterocycles. The van der Waals surface area contributed by atoms with Crippen molar-refractivity contribution in [3.8, 4) is 0 Å². The van der Waals surface area contributed by atoms with Gasteiger partial charge in [-0.3, -0.25) is 0 Å². The Bertz CT molecular complexity index is 468. The number of ether oxygens (including phenoxy) is 2. The molecule has 0 bridgehead atoms. The van der Waals surface area contributed by atoms with E-state index in [4.69, 9.17) is 13.9 Å². The van der Waals surface area contributed by atoms with Crippen LogP contribution in [0.3, 0.4) is 0 Å². The Kier molecular flexibility index (Phi) is 5.21. The van der Waals surface area contributed by atoms with Gasteiger partial charge in [-0.25, -0.2) is 0 Å². The molecule has 0 radical (unpaired) electrons. The SMILES string of the molecule is C[SiH](C)C1(c2cocc2C2([SiH](C)C)CCCCO2)CCCCO1. The van der Waals surface area contributed by atoms with E-state index in [1.54, 1.807) is 0 Å². The lowest BCUT2D eigenvalue weighted by Gasteiger charge is -2.45. The molecule has 0 spiro atoms. The smallest absolute Gasteiger partial charge is 0.0964 e. The standard InChI is InChI=1S/C18H32O3Si2/c1-22(2)17(9-5-7-11-20-17)15-13-19-14-16(15)18(23(3)4)10-6-8-12-21-18/h13-14,22-23H,5-12H2,1-4H3. The predicted octanol–water partition coefficient (Wildman–Crippen LogP) is 4.12.